The van der Waals surface area contributed by atoms with Gasteiger partial charge in [-0.05, 0) is 56.5 Å². The van der Waals surface area contributed by atoms with Gasteiger partial charge in [-0.15, -0.1) is 0 Å². The number of amides is 1. The molecule has 0 saturated carbocycles. The number of hydrogen-bond donors (Lipinski definition) is 2. The van der Waals surface area contributed by atoms with Crippen LogP contribution in [0.3, 0.4) is 0 Å². The molecule has 2 N–H and O–H groups in total. The molecule has 1 amide bonds. The first-order valence-corrected chi connectivity index (χ1v) is 9.10. The fraction of sp³-hybridized carbons (Fsp3) is 0.400. The lowest BCUT2D eigenvalue weighted by atomic mass is 9.93. The predicted octanol–water partition coefficient (Wildman–Crippen LogP) is 3.80. The number of rotatable bonds is 5. The van der Waals surface area contributed by atoms with E-state index in [0.717, 1.165) is 31.5 Å². The van der Waals surface area contributed by atoms with Gasteiger partial charge in [-0.25, -0.2) is 13.8 Å². The van der Waals surface area contributed by atoms with Crippen molar-refractivity contribution in [3.63, 3.8) is 0 Å². The molecule has 27 heavy (non-hydrogen) atoms. The third-order valence-electron chi connectivity index (χ3n) is 4.65. The summed E-state index contributed by atoms with van der Waals surface area (Å²) in [6.45, 7) is 4.17. The monoisotopic (exact) mass is 375 g/mol. The van der Waals surface area contributed by atoms with Gasteiger partial charge in [0, 0.05) is 18.1 Å². The molecule has 1 aromatic carbocycles. The van der Waals surface area contributed by atoms with E-state index >= 15 is 0 Å². The molecule has 1 aliphatic heterocycles. The first-order chi connectivity index (χ1) is 12.9. The van der Waals surface area contributed by atoms with E-state index in [-0.39, 0.29) is 23.5 Å². The zero-order valence-electron chi connectivity index (χ0n) is 15.3. The number of ether oxygens (including phenoxy) is 1. The molecule has 3 atom stereocenters. The summed E-state index contributed by atoms with van der Waals surface area (Å²) < 4.78 is 32.3. The van der Waals surface area contributed by atoms with E-state index in [2.05, 4.69) is 29.5 Å². The molecule has 7 heteroatoms. The van der Waals surface area contributed by atoms with Gasteiger partial charge in [0.1, 0.15) is 22.9 Å². The van der Waals surface area contributed by atoms with E-state index in [9.17, 15) is 13.6 Å². The summed E-state index contributed by atoms with van der Waals surface area (Å²) in [5.41, 5.74) is 0.0126. The number of hydrogen-bond acceptors (Lipinski definition) is 4. The van der Waals surface area contributed by atoms with E-state index in [0.29, 0.717) is 11.8 Å². The number of nitrogens with zero attached hydrogens (tertiary/aromatic N) is 1. The van der Waals surface area contributed by atoms with Crippen LogP contribution in [0.25, 0.3) is 0 Å². The molecule has 2 aromatic rings. The number of benzene rings is 1. The molecule has 2 heterocycles. The molecule has 2 unspecified atom stereocenters. The van der Waals surface area contributed by atoms with E-state index < -0.39 is 17.5 Å². The number of aromatic nitrogens is 1. The van der Waals surface area contributed by atoms with Crippen molar-refractivity contribution >= 4 is 5.91 Å². The Morgan fingerprint density at radius 3 is 2.70 bits per heavy atom. The third-order valence-corrected chi connectivity index (χ3v) is 4.65. The minimum atomic E-state index is -0.628. The quantitative estimate of drug-likeness (QED) is 0.834. The van der Waals surface area contributed by atoms with Crippen LogP contribution in [0.15, 0.2) is 36.5 Å². The first kappa shape index (κ1) is 19.2. The van der Waals surface area contributed by atoms with Crippen molar-refractivity contribution in [2.75, 3.05) is 0 Å². The topological polar surface area (TPSA) is 63.2 Å². The van der Waals surface area contributed by atoms with Crippen LogP contribution < -0.4 is 15.4 Å². The summed E-state index contributed by atoms with van der Waals surface area (Å²) in [6.07, 6.45) is 3.55. The van der Waals surface area contributed by atoms with E-state index in [1.54, 1.807) is 0 Å². The number of nitrogens with one attached hydrogen (secondary N) is 2. The van der Waals surface area contributed by atoms with E-state index in [1.165, 1.54) is 24.3 Å². The van der Waals surface area contributed by atoms with E-state index in [1.807, 2.05) is 0 Å². The second kappa shape index (κ2) is 8.43. The highest BCUT2D eigenvalue weighted by molar-refractivity contribution is 5.96. The van der Waals surface area contributed by atoms with Gasteiger partial charge in [-0.1, -0.05) is 6.92 Å². The zero-order chi connectivity index (χ0) is 19.4. The smallest absolute Gasteiger partial charge is 0.257 e. The van der Waals surface area contributed by atoms with Crippen LogP contribution in [-0.4, -0.2) is 29.0 Å². The number of pyridine rings is 1. The first-order valence-electron chi connectivity index (χ1n) is 9.10. The molecule has 3 rings (SSSR count). The predicted molar refractivity (Wildman–Crippen MR) is 97.8 cm³/mol. The van der Waals surface area contributed by atoms with Crippen LogP contribution in [0.2, 0.25) is 0 Å². The lowest BCUT2D eigenvalue weighted by Gasteiger charge is -2.34. The van der Waals surface area contributed by atoms with Gasteiger partial charge in [0.2, 0.25) is 5.88 Å². The van der Waals surface area contributed by atoms with Gasteiger partial charge in [0.25, 0.3) is 5.91 Å². The van der Waals surface area contributed by atoms with Crippen LogP contribution >= 0.6 is 0 Å². The van der Waals surface area contributed by atoms with Gasteiger partial charge in [-0.3, -0.25) is 4.79 Å². The Hall–Kier alpha value is -2.54. The maximum absolute atomic E-state index is 13.7. The Morgan fingerprint density at radius 1 is 1.26 bits per heavy atom. The summed E-state index contributed by atoms with van der Waals surface area (Å²) in [7, 11) is 0. The molecular weight excluding hydrogens is 352 g/mol. The van der Waals surface area contributed by atoms with Crippen molar-refractivity contribution in [3.05, 3.63) is 53.7 Å². The maximum atomic E-state index is 13.7. The largest absolute Gasteiger partial charge is 0.438 e. The lowest BCUT2D eigenvalue weighted by molar-refractivity contribution is 0.0914. The molecule has 0 aliphatic carbocycles. The van der Waals surface area contributed by atoms with E-state index in [4.69, 9.17) is 4.74 Å². The second-order valence-corrected chi connectivity index (χ2v) is 6.88. The number of carbonyl (C=O) groups excluding carboxylic acids is 1. The summed E-state index contributed by atoms with van der Waals surface area (Å²) in [5, 5.41) is 6.45. The van der Waals surface area contributed by atoms with Crippen molar-refractivity contribution in [1.29, 1.82) is 0 Å². The van der Waals surface area contributed by atoms with Crippen molar-refractivity contribution in [1.82, 2.24) is 15.6 Å². The summed E-state index contributed by atoms with van der Waals surface area (Å²) >= 11 is 0. The Kier molecular flexibility index (Phi) is 6.01. The van der Waals surface area contributed by atoms with Crippen LogP contribution in [0.5, 0.6) is 11.6 Å². The fourth-order valence-electron chi connectivity index (χ4n) is 3.36. The lowest BCUT2D eigenvalue weighted by Crippen LogP contribution is -2.51. The summed E-state index contributed by atoms with van der Waals surface area (Å²) in [4.78, 5) is 16.6. The fourth-order valence-corrected chi connectivity index (χ4v) is 3.36. The van der Waals surface area contributed by atoms with Gasteiger partial charge in [0.05, 0.1) is 6.20 Å². The molecule has 0 bridgehead atoms. The highest BCUT2D eigenvalue weighted by atomic mass is 19.1. The molecule has 1 aromatic heterocycles. The maximum Gasteiger partial charge on any atom is 0.257 e. The number of carbonyl (C=O) groups is 1. The van der Waals surface area contributed by atoms with Crippen LogP contribution in [0.4, 0.5) is 8.78 Å². The SMILES string of the molecule is CCC1C[C@@H](NC(=O)c2cc(F)cnc2Oc2ccc(F)cc2)CC(C)N1. The van der Waals surface area contributed by atoms with Crippen molar-refractivity contribution < 1.29 is 18.3 Å². The number of piperidine rings is 1. The normalized spacial score (nSPS) is 22.3. The highest BCUT2D eigenvalue weighted by Gasteiger charge is 2.27. The minimum Gasteiger partial charge on any atom is -0.438 e. The molecular formula is C20H23F2N3O2. The average Bonchev–Trinajstić information content (AvgIpc) is 2.64. The molecule has 0 radical (unpaired) electrons. The zero-order valence-corrected chi connectivity index (χ0v) is 15.3. The Balaban J connectivity index is 1.77. The van der Waals surface area contributed by atoms with Gasteiger partial charge >= 0.3 is 0 Å². The molecule has 5 nitrogen and oxygen atoms in total. The standard InChI is InChI=1S/C20H23F2N3O2/c1-3-15-10-16(8-12(2)24-15)25-19(26)18-9-14(22)11-23-20(18)27-17-6-4-13(21)5-7-17/h4-7,9,11-12,15-16,24H,3,8,10H2,1-2H3,(H,25,26)/t12?,15?,16-/m0/s1. The van der Waals surface area contributed by atoms with Crippen LogP contribution in [0.1, 0.15) is 43.5 Å². The molecule has 0 spiro atoms. The molecule has 1 fully saturated rings. The van der Waals surface area contributed by atoms with Gasteiger partial charge < -0.3 is 15.4 Å². The summed E-state index contributed by atoms with van der Waals surface area (Å²) in [6, 6.07) is 7.02. The van der Waals surface area contributed by atoms with Crippen LogP contribution in [-0.2, 0) is 0 Å². The van der Waals surface area contributed by atoms with Crippen molar-refractivity contribution in [3.8, 4) is 11.6 Å². The molecule has 1 aliphatic rings. The van der Waals surface area contributed by atoms with Crippen molar-refractivity contribution in [2.45, 2.75) is 51.2 Å². The van der Waals surface area contributed by atoms with Gasteiger partial charge in [-0.2, -0.15) is 0 Å². The molecule has 1 saturated heterocycles. The van der Waals surface area contributed by atoms with Crippen molar-refractivity contribution in [2.24, 2.45) is 0 Å². The highest BCUT2D eigenvalue weighted by Crippen LogP contribution is 2.25. The van der Waals surface area contributed by atoms with Crippen LogP contribution in [0, 0.1) is 11.6 Å². The summed E-state index contributed by atoms with van der Waals surface area (Å²) in [5.74, 6) is -1.18. The second-order valence-electron chi connectivity index (χ2n) is 6.88. The Morgan fingerprint density at radius 2 is 2.00 bits per heavy atom. The van der Waals surface area contributed by atoms with Gasteiger partial charge in [0.15, 0.2) is 0 Å². The minimum absolute atomic E-state index is 0.0126. The average molecular weight is 375 g/mol. The Labute approximate surface area is 157 Å². The molecule has 144 valence electrons. The Bertz CT molecular complexity index is 798. The number of halogens is 2. The third kappa shape index (κ3) is 5.01.